The number of hydrogen-bond acceptors (Lipinski definition) is 2. The maximum Gasteiger partial charge on any atom is 0.411 e. The van der Waals surface area contributed by atoms with E-state index >= 15 is 0 Å². The fourth-order valence-electron chi connectivity index (χ4n) is 1.73. The summed E-state index contributed by atoms with van der Waals surface area (Å²) in [5.74, 6) is -0.329. The van der Waals surface area contributed by atoms with Crippen LogP contribution < -0.4 is 5.32 Å². The van der Waals surface area contributed by atoms with Crippen LogP contribution in [0.25, 0.3) is 0 Å². The third kappa shape index (κ3) is 6.67. The van der Waals surface area contributed by atoms with Gasteiger partial charge in [0.05, 0.1) is 0 Å². The summed E-state index contributed by atoms with van der Waals surface area (Å²) in [7, 11) is 1.68. The van der Waals surface area contributed by atoms with Crippen LogP contribution in [0.5, 0.6) is 0 Å². The van der Waals surface area contributed by atoms with Crippen LogP contribution in [0.1, 0.15) is 12.0 Å². The molecule has 1 atom stereocenters. The largest absolute Gasteiger partial charge is 0.411 e. The normalized spacial score (nSPS) is 13.5. The standard InChI is InChI=1S/C13H16BrF4NO/c1-19-11(4-5-20-8-13(16,17)18)7-9-6-10(14)2-3-12(9)15/h2-3,6,11,19H,4-5,7-8H2,1H3. The number of nitrogens with one attached hydrogen (secondary N) is 1. The molecule has 0 spiro atoms. The van der Waals surface area contributed by atoms with Gasteiger partial charge in [0.1, 0.15) is 12.4 Å². The minimum absolute atomic E-state index is 0.0271. The molecule has 0 aliphatic carbocycles. The summed E-state index contributed by atoms with van der Waals surface area (Å²) in [4.78, 5) is 0. The average Bonchev–Trinajstić information content (AvgIpc) is 2.36. The Bertz CT molecular complexity index is 425. The van der Waals surface area contributed by atoms with Gasteiger partial charge in [-0.15, -0.1) is 0 Å². The van der Waals surface area contributed by atoms with E-state index in [2.05, 4.69) is 26.0 Å². The molecule has 0 heterocycles. The summed E-state index contributed by atoms with van der Waals surface area (Å²) in [6, 6.07) is 4.47. The van der Waals surface area contributed by atoms with Crippen molar-refractivity contribution < 1.29 is 22.3 Å². The second-order valence-corrected chi connectivity index (χ2v) is 5.30. The van der Waals surface area contributed by atoms with Crippen molar-refractivity contribution in [3.05, 3.63) is 34.1 Å². The number of halogens is 5. The summed E-state index contributed by atoms with van der Waals surface area (Å²) in [5.41, 5.74) is 0.509. The fourth-order valence-corrected chi connectivity index (χ4v) is 2.14. The molecular formula is C13H16BrF4NO. The number of benzene rings is 1. The smallest absolute Gasteiger partial charge is 0.372 e. The van der Waals surface area contributed by atoms with Gasteiger partial charge in [-0.3, -0.25) is 0 Å². The first kappa shape index (κ1) is 17.4. The van der Waals surface area contributed by atoms with Crippen LogP contribution >= 0.6 is 15.9 Å². The topological polar surface area (TPSA) is 21.3 Å². The molecule has 0 aliphatic heterocycles. The van der Waals surface area contributed by atoms with Crippen molar-refractivity contribution in [2.75, 3.05) is 20.3 Å². The van der Waals surface area contributed by atoms with Crippen LogP contribution in [-0.2, 0) is 11.2 Å². The third-order valence-electron chi connectivity index (χ3n) is 2.76. The maximum absolute atomic E-state index is 13.6. The van der Waals surface area contributed by atoms with E-state index in [9.17, 15) is 17.6 Å². The molecular weight excluding hydrogens is 342 g/mol. The van der Waals surface area contributed by atoms with Crippen molar-refractivity contribution >= 4 is 15.9 Å². The van der Waals surface area contributed by atoms with Crippen molar-refractivity contribution in [2.45, 2.75) is 25.1 Å². The molecule has 0 aliphatic rings. The zero-order valence-corrected chi connectivity index (χ0v) is 12.5. The number of alkyl halides is 3. The van der Waals surface area contributed by atoms with Gasteiger partial charge in [-0.05, 0) is 43.7 Å². The number of rotatable bonds is 7. The Balaban J connectivity index is 2.45. The molecule has 114 valence electrons. The highest BCUT2D eigenvalue weighted by molar-refractivity contribution is 9.10. The molecule has 0 radical (unpaired) electrons. The molecule has 1 aromatic carbocycles. The quantitative estimate of drug-likeness (QED) is 0.593. The fraction of sp³-hybridized carbons (Fsp3) is 0.538. The molecule has 1 aromatic rings. The molecule has 2 nitrogen and oxygen atoms in total. The third-order valence-corrected chi connectivity index (χ3v) is 3.25. The molecule has 0 aromatic heterocycles. The van der Waals surface area contributed by atoms with E-state index in [4.69, 9.17) is 0 Å². The zero-order valence-electron chi connectivity index (χ0n) is 10.9. The first-order valence-corrected chi connectivity index (χ1v) is 6.87. The Kier molecular flexibility index (Phi) is 6.91. The second kappa shape index (κ2) is 7.95. The summed E-state index contributed by atoms with van der Waals surface area (Å²) in [6.45, 7) is -1.28. The maximum atomic E-state index is 13.6. The molecule has 0 saturated heterocycles. The number of hydrogen-bond donors (Lipinski definition) is 1. The molecule has 1 N–H and O–H groups in total. The molecule has 0 saturated carbocycles. The number of likely N-dealkylation sites (N-methyl/N-ethyl adjacent to an activating group) is 1. The highest BCUT2D eigenvalue weighted by Gasteiger charge is 2.27. The van der Waals surface area contributed by atoms with E-state index in [1.165, 1.54) is 6.07 Å². The molecule has 20 heavy (non-hydrogen) atoms. The van der Waals surface area contributed by atoms with Crippen molar-refractivity contribution in [3.63, 3.8) is 0 Å². The lowest BCUT2D eigenvalue weighted by molar-refractivity contribution is -0.174. The minimum Gasteiger partial charge on any atom is -0.372 e. The molecule has 0 fully saturated rings. The van der Waals surface area contributed by atoms with Gasteiger partial charge in [0.25, 0.3) is 0 Å². The first-order chi connectivity index (χ1) is 9.31. The lowest BCUT2D eigenvalue weighted by Crippen LogP contribution is -2.30. The van der Waals surface area contributed by atoms with Crippen LogP contribution in [0, 0.1) is 5.82 Å². The van der Waals surface area contributed by atoms with Crippen molar-refractivity contribution in [2.24, 2.45) is 0 Å². The summed E-state index contributed by atoms with van der Waals surface area (Å²) in [5, 5.41) is 2.95. The Hall–Kier alpha value is -0.660. The van der Waals surface area contributed by atoms with Gasteiger partial charge < -0.3 is 10.1 Å². The van der Waals surface area contributed by atoms with Gasteiger partial charge in [0, 0.05) is 17.1 Å². The van der Waals surface area contributed by atoms with Gasteiger partial charge >= 0.3 is 6.18 Å². The summed E-state index contributed by atoms with van der Waals surface area (Å²) >= 11 is 3.26. The predicted molar refractivity (Wildman–Crippen MR) is 72.1 cm³/mol. The van der Waals surface area contributed by atoms with Crippen LogP contribution in [0.2, 0.25) is 0 Å². The van der Waals surface area contributed by atoms with Crippen LogP contribution in [0.15, 0.2) is 22.7 Å². The van der Waals surface area contributed by atoms with Crippen LogP contribution in [0.4, 0.5) is 17.6 Å². The lowest BCUT2D eigenvalue weighted by Gasteiger charge is -2.17. The van der Waals surface area contributed by atoms with E-state index in [1.807, 2.05) is 0 Å². The van der Waals surface area contributed by atoms with Crippen LogP contribution in [-0.4, -0.2) is 32.5 Å². The summed E-state index contributed by atoms with van der Waals surface area (Å²) < 4.78 is 54.6. The summed E-state index contributed by atoms with van der Waals surface area (Å²) in [6.07, 6.45) is -3.55. The molecule has 7 heteroatoms. The highest BCUT2D eigenvalue weighted by atomic mass is 79.9. The monoisotopic (exact) mass is 357 g/mol. The first-order valence-electron chi connectivity index (χ1n) is 6.07. The van der Waals surface area contributed by atoms with Gasteiger partial charge in [0.2, 0.25) is 0 Å². The Morgan fingerprint density at radius 2 is 2.05 bits per heavy atom. The van der Waals surface area contributed by atoms with Crippen molar-refractivity contribution in [1.82, 2.24) is 5.32 Å². The van der Waals surface area contributed by atoms with Gasteiger partial charge in [-0.2, -0.15) is 13.2 Å². The van der Waals surface area contributed by atoms with E-state index in [-0.39, 0.29) is 18.5 Å². The highest BCUT2D eigenvalue weighted by Crippen LogP contribution is 2.18. The molecule has 1 unspecified atom stereocenters. The van der Waals surface area contributed by atoms with Crippen molar-refractivity contribution in [1.29, 1.82) is 0 Å². The lowest BCUT2D eigenvalue weighted by atomic mass is 10.0. The van der Waals surface area contributed by atoms with E-state index < -0.39 is 12.8 Å². The SMILES string of the molecule is CNC(CCOCC(F)(F)F)Cc1cc(Br)ccc1F. The van der Waals surface area contributed by atoms with Crippen molar-refractivity contribution in [3.8, 4) is 0 Å². The van der Waals surface area contributed by atoms with E-state index in [0.717, 1.165) is 4.47 Å². The van der Waals surface area contributed by atoms with Gasteiger partial charge in [0.15, 0.2) is 0 Å². The Morgan fingerprint density at radius 1 is 1.35 bits per heavy atom. The molecule has 1 rings (SSSR count). The van der Waals surface area contributed by atoms with Crippen LogP contribution in [0.3, 0.4) is 0 Å². The molecule has 0 amide bonds. The van der Waals surface area contributed by atoms with E-state index in [0.29, 0.717) is 18.4 Å². The van der Waals surface area contributed by atoms with Gasteiger partial charge in [-0.25, -0.2) is 4.39 Å². The zero-order chi connectivity index (χ0) is 15.2. The molecule has 0 bridgehead atoms. The second-order valence-electron chi connectivity index (χ2n) is 4.38. The average molecular weight is 358 g/mol. The predicted octanol–water partition coefficient (Wildman–Crippen LogP) is 3.69. The Morgan fingerprint density at radius 3 is 2.65 bits per heavy atom. The minimum atomic E-state index is -4.31. The Labute approximate surface area is 123 Å². The van der Waals surface area contributed by atoms with Gasteiger partial charge in [-0.1, -0.05) is 15.9 Å². The number of ether oxygens (including phenoxy) is 1. The van der Waals surface area contributed by atoms with E-state index in [1.54, 1.807) is 19.2 Å².